The monoisotopic (exact) mass is 453 g/mol. The molecule has 0 aliphatic carbocycles. The predicted molar refractivity (Wildman–Crippen MR) is 130 cm³/mol. The van der Waals surface area contributed by atoms with Crippen LogP contribution in [0.2, 0.25) is 0 Å². The number of nitrogens with zero attached hydrogens (tertiary/aromatic N) is 5. The molecule has 0 radical (unpaired) electrons. The summed E-state index contributed by atoms with van der Waals surface area (Å²) in [4.78, 5) is 13.5. The average Bonchev–Trinajstić information content (AvgIpc) is 3.55. The molecule has 172 valence electrons. The number of aliphatic hydroxyl groups excluding tert-OH is 1. The van der Waals surface area contributed by atoms with Crippen molar-refractivity contribution in [2.75, 3.05) is 11.9 Å². The lowest BCUT2D eigenvalue weighted by Crippen LogP contribution is -2.28. The highest BCUT2D eigenvalue weighted by molar-refractivity contribution is 5.68. The number of anilines is 1. The van der Waals surface area contributed by atoms with Gasteiger partial charge in [-0.1, -0.05) is 30.3 Å². The van der Waals surface area contributed by atoms with Gasteiger partial charge in [0.15, 0.2) is 0 Å². The molecule has 3 atom stereocenters. The minimum atomic E-state index is -0.502. The maximum Gasteiger partial charge on any atom is 0.223 e. The smallest absolute Gasteiger partial charge is 0.223 e. The molecule has 1 fully saturated rings. The van der Waals surface area contributed by atoms with Crippen LogP contribution in [0.4, 0.5) is 5.95 Å². The first-order chi connectivity index (χ1) is 16.5. The number of rotatable bonds is 6. The number of hydrogen-bond donors (Lipinski definition) is 3. The molecule has 3 N–H and O–H groups in total. The molecular formula is C26H27N7O. The first kappa shape index (κ1) is 22.0. The van der Waals surface area contributed by atoms with Gasteiger partial charge in [-0.15, -0.1) is 0 Å². The summed E-state index contributed by atoms with van der Waals surface area (Å²) < 4.78 is 1.94. The SMILES string of the molecule is Cc1cccn2c(-c3nc(N[C@@H](C)c4ccc(C(O)[C@@H]5CCCN5)cc4)ncc3C#N)cnc12. The minimum Gasteiger partial charge on any atom is -0.387 e. The molecule has 4 aromatic rings. The molecule has 1 aromatic carbocycles. The van der Waals surface area contributed by atoms with Gasteiger partial charge < -0.3 is 15.7 Å². The lowest BCUT2D eigenvalue weighted by molar-refractivity contribution is 0.137. The van der Waals surface area contributed by atoms with Crippen LogP contribution < -0.4 is 10.6 Å². The number of nitrogens with one attached hydrogen (secondary N) is 2. The molecule has 4 heterocycles. The summed E-state index contributed by atoms with van der Waals surface area (Å²) >= 11 is 0. The van der Waals surface area contributed by atoms with Crippen LogP contribution in [0.15, 0.2) is 55.0 Å². The zero-order chi connectivity index (χ0) is 23.7. The lowest BCUT2D eigenvalue weighted by Gasteiger charge is -2.20. The molecule has 8 heteroatoms. The molecule has 5 rings (SSSR count). The van der Waals surface area contributed by atoms with Crippen LogP contribution in [0.3, 0.4) is 0 Å². The van der Waals surface area contributed by atoms with Crippen LogP contribution in [0.1, 0.15) is 54.2 Å². The van der Waals surface area contributed by atoms with Crippen LogP contribution in [0.25, 0.3) is 17.0 Å². The van der Waals surface area contributed by atoms with Crippen molar-refractivity contribution in [2.24, 2.45) is 0 Å². The molecule has 34 heavy (non-hydrogen) atoms. The number of nitriles is 1. The molecule has 1 aliphatic heterocycles. The molecule has 0 amide bonds. The molecule has 1 aliphatic rings. The highest BCUT2D eigenvalue weighted by Crippen LogP contribution is 2.27. The van der Waals surface area contributed by atoms with Crippen molar-refractivity contribution in [2.45, 2.75) is 44.9 Å². The van der Waals surface area contributed by atoms with E-state index in [0.717, 1.165) is 47.4 Å². The Kier molecular flexibility index (Phi) is 5.97. The van der Waals surface area contributed by atoms with Crippen molar-refractivity contribution >= 4 is 11.6 Å². The van der Waals surface area contributed by atoms with Gasteiger partial charge in [-0.25, -0.2) is 15.0 Å². The summed E-state index contributed by atoms with van der Waals surface area (Å²) in [5, 5.41) is 27.0. The molecule has 3 aromatic heterocycles. The second-order valence-corrected chi connectivity index (χ2v) is 8.78. The summed E-state index contributed by atoms with van der Waals surface area (Å²) in [7, 11) is 0. The van der Waals surface area contributed by atoms with E-state index in [0.29, 0.717) is 17.2 Å². The Balaban J connectivity index is 1.38. The number of pyridine rings is 1. The first-order valence-electron chi connectivity index (χ1n) is 11.5. The van der Waals surface area contributed by atoms with Crippen LogP contribution in [0.5, 0.6) is 0 Å². The molecule has 0 saturated carbocycles. The van der Waals surface area contributed by atoms with Crippen LogP contribution in [0, 0.1) is 18.3 Å². The topological polar surface area (TPSA) is 111 Å². The lowest BCUT2D eigenvalue weighted by atomic mass is 9.98. The standard InChI is InChI=1S/C26H27N7O/c1-16-5-4-12-33-22(15-29-25(16)33)23-20(13-27)14-30-26(32-23)31-17(2)18-7-9-19(10-8-18)24(34)21-6-3-11-28-21/h4-5,7-10,12,14-15,17,21,24,28,34H,3,6,11H2,1-2H3,(H,30,31,32)/t17-,21-,24?/m0/s1. The number of hydrogen-bond acceptors (Lipinski definition) is 7. The Hall–Kier alpha value is -3.80. The number of aromatic nitrogens is 4. The maximum atomic E-state index is 10.6. The van der Waals surface area contributed by atoms with E-state index in [4.69, 9.17) is 0 Å². The number of benzene rings is 1. The van der Waals surface area contributed by atoms with Crippen LogP contribution in [-0.2, 0) is 0 Å². The number of aliphatic hydroxyl groups is 1. The molecule has 1 unspecified atom stereocenters. The van der Waals surface area contributed by atoms with Gasteiger partial charge in [0.2, 0.25) is 5.95 Å². The van der Waals surface area contributed by atoms with Crippen molar-refractivity contribution in [3.63, 3.8) is 0 Å². The highest BCUT2D eigenvalue weighted by Gasteiger charge is 2.24. The third-order valence-corrected chi connectivity index (χ3v) is 6.49. The van der Waals surface area contributed by atoms with Crippen molar-refractivity contribution in [1.82, 2.24) is 24.7 Å². The zero-order valence-corrected chi connectivity index (χ0v) is 19.2. The third kappa shape index (κ3) is 4.12. The second-order valence-electron chi connectivity index (χ2n) is 8.78. The first-order valence-corrected chi connectivity index (χ1v) is 11.5. The van der Waals surface area contributed by atoms with Gasteiger partial charge >= 0.3 is 0 Å². The van der Waals surface area contributed by atoms with E-state index in [2.05, 4.69) is 31.7 Å². The summed E-state index contributed by atoms with van der Waals surface area (Å²) in [6.45, 7) is 4.99. The summed E-state index contributed by atoms with van der Waals surface area (Å²) in [6, 6.07) is 14.2. The summed E-state index contributed by atoms with van der Waals surface area (Å²) in [6.07, 6.45) is 6.79. The van der Waals surface area contributed by atoms with E-state index in [1.54, 1.807) is 12.4 Å². The normalized spacial score (nSPS) is 17.4. The third-order valence-electron chi connectivity index (χ3n) is 6.49. The average molecular weight is 454 g/mol. The number of aryl methyl sites for hydroxylation is 1. The van der Waals surface area contributed by atoms with Gasteiger partial charge in [-0.3, -0.25) is 4.40 Å². The van der Waals surface area contributed by atoms with Crippen LogP contribution in [-0.4, -0.2) is 37.0 Å². The van der Waals surface area contributed by atoms with E-state index < -0.39 is 6.10 Å². The Morgan fingerprint density at radius 2 is 1.97 bits per heavy atom. The molecule has 0 bridgehead atoms. The van der Waals surface area contributed by atoms with Crippen LogP contribution >= 0.6 is 0 Å². The number of imidazole rings is 1. The fourth-order valence-corrected chi connectivity index (χ4v) is 4.53. The largest absolute Gasteiger partial charge is 0.387 e. The molecular weight excluding hydrogens is 426 g/mol. The maximum absolute atomic E-state index is 10.6. The van der Waals surface area contributed by atoms with E-state index >= 15 is 0 Å². The predicted octanol–water partition coefficient (Wildman–Crippen LogP) is 3.93. The Labute approximate surface area is 198 Å². The van der Waals surface area contributed by atoms with Crippen molar-refractivity contribution < 1.29 is 5.11 Å². The Morgan fingerprint density at radius 3 is 2.71 bits per heavy atom. The minimum absolute atomic E-state index is 0.0685. The van der Waals surface area contributed by atoms with Crippen molar-refractivity contribution in [3.8, 4) is 17.5 Å². The fourth-order valence-electron chi connectivity index (χ4n) is 4.53. The fraction of sp³-hybridized carbons (Fsp3) is 0.308. The molecule has 1 saturated heterocycles. The molecule has 8 nitrogen and oxygen atoms in total. The summed E-state index contributed by atoms with van der Waals surface area (Å²) in [5.74, 6) is 0.434. The Morgan fingerprint density at radius 1 is 1.18 bits per heavy atom. The van der Waals surface area contributed by atoms with E-state index in [1.807, 2.05) is 60.8 Å². The molecule has 0 spiro atoms. The zero-order valence-electron chi connectivity index (χ0n) is 19.2. The van der Waals surface area contributed by atoms with Gasteiger partial charge in [-0.05, 0) is 56.0 Å². The van der Waals surface area contributed by atoms with Crippen molar-refractivity contribution in [1.29, 1.82) is 5.26 Å². The Bertz CT molecular complexity index is 1350. The second kappa shape index (κ2) is 9.21. The van der Waals surface area contributed by atoms with Crippen molar-refractivity contribution in [3.05, 3.63) is 77.2 Å². The van der Waals surface area contributed by atoms with Gasteiger partial charge in [0.05, 0.1) is 35.8 Å². The highest BCUT2D eigenvalue weighted by atomic mass is 16.3. The summed E-state index contributed by atoms with van der Waals surface area (Å²) in [5.41, 5.74) is 5.51. The van der Waals surface area contributed by atoms with Gasteiger partial charge in [0, 0.05) is 12.2 Å². The van der Waals surface area contributed by atoms with E-state index in [9.17, 15) is 10.4 Å². The van der Waals surface area contributed by atoms with Gasteiger partial charge in [-0.2, -0.15) is 5.26 Å². The van der Waals surface area contributed by atoms with E-state index in [1.165, 1.54) is 0 Å². The number of fused-ring (bicyclic) bond motifs is 1. The van der Waals surface area contributed by atoms with Gasteiger partial charge in [0.1, 0.15) is 17.4 Å². The quantitative estimate of drug-likeness (QED) is 0.406. The van der Waals surface area contributed by atoms with E-state index in [-0.39, 0.29) is 12.1 Å². The van der Waals surface area contributed by atoms with Gasteiger partial charge in [0.25, 0.3) is 0 Å².